The summed E-state index contributed by atoms with van der Waals surface area (Å²) in [7, 11) is -0.551. The van der Waals surface area contributed by atoms with E-state index in [0.717, 1.165) is 0 Å². The molecule has 5 nitrogen and oxygen atoms in total. The van der Waals surface area contributed by atoms with E-state index in [1.54, 1.807) is 20.0 Å². The Hall–Kier alpha value is -0.820. The van der Waals surface area contributed by atoms with Crippen molar-refractivity contribution in [1.82, 2.24) is 4.31 Å². The Morgan fingerprint density at radius 3 is 2.45 bits per heavy atom. The molecule has 1 unspecified atom stereocenters. The maximum absolute atomic E-state index is 12.7. The number of methoxy groups -OCH3 is 1. The molecule has 0 saturated carbocycles. The molecule has 0 heterocycles. The third-order valence-corrected chi connectivity index (χ3v) is 6.07. The largest absolute Gasteiger partial charge is 0.495 e. The first-order chi connectivity index (χ1) is 10.1. The maximum atomic E-state index is 12.7. The van der Waals surface area contributed by atoms with Crippen LogP contribution in [0.5, 0.6) is 5.75 Å². The van der Waals surface area contributed by atoms with E-state index < -0.39 is 10.0 Å². The number of aryl methyl sites for hydroxylation is 1. The lowest BCUT2D eigenvalue weighted by atomic mass is 10.0. The van der Waals surface area contributed by atoms with Crippen molar-refractivity contribution in [2.24, 2.45) is 11.7 Å². The molecule has 22 heavy (non-hydrogen) atoms. The predicted molar refractivity (Wildman–Crippen MR) is 90.0 cm³/mol. The van der Waals surface area contributed by atoms with Gasteiger partial charge in [0, 0.05) is 19.6 Å². The van der Waals surface area contributed by atoms with Crippen molar-refractivity contribution in [3.8, 4) is 5.75 Å². The van der Waals surface area contributed by atoms with Crippen LogP contribution in [-0.2, 0) is 10.0 Å². The summed E-state index contributed by atoms with van der Waals surface area (Å²) in [6, 6.07) is 3.03. The Balaban J connectivity index is 3.01. The summed E-state index contributed by atoms with van der Waals surface area (Å²) < 4.78 is 31.8. The van der Waals surface area contributed by atoms with Gasteiger partial charge in [0.25, 0.3) is 0 Å². The molecule has 1 aromatic rings. The Labute approximate surface area is 138 Å². The number of benzene rings is 1. The summed E-state index contributed by atoms with van der Waals surface area (Å²) >= 11 is 6.05. The normalized spacial score (nSPS) is 13.7. The van der Waals surface area contributed by atoms with Gasteiger partial charge in [-0.3, -0.25) is 0 Å². The molecule has 0 aromatic heterocycles. The van der Waals surface area contributed by atoms with Crippen LogP contribution in [0.2, 0.25) is 5.02 Å². The number of sulfonamides is 1. The predicted octanol–water partition coefficient (Wildman–Crippen LogP) is 2.65. The van der Waals surface area contributed by atoms with Crippen LogP contribution in [0.15, 0.2) is 17.0 Å². The van der Waals surface area contributed by atoms with Crippen LogP contribution in [0.25, 0.3) is 0 Å². The van der Waals surface area contributed by atoms with Crippen LogP contribution >= 0.6 is 11.6 Å². The first-order valence-corrected chi connectivity index (χ1v) is 8.99. The summed E-state index contributed by atoms with van der Waals surface area (Å²) in [5, 5.41) is 0.277. The van der Waals surface area contributed by atoms with Crippen LogP contribution in [0.1, 0.15) is 25.8 Å². The summed E-state index contributed by atoms with van der Waals surface area (Å²) in [5.41, 5.74) is 6.58. The average Bonchev–Trinajstić information content (AvgIpc) is 2.45. The van der Waals surface area contributed by atoms with E-state index in [2.05, 4.69) is 0 Å². The number of nitrogens with zero attached hydrogens (tertiary/aromatic N) is 1. The second kappa shape index (κ2) is 7.64. The molecule has 0 aliphatic heterocycles. The lowest BCUT2D eigenvalue weighted by Gasteiger charge is -2.22. The lowest BCUT2D eigenvalue weighted by molar-refractivity contribution is 0.397. The van der Waals surface area contributed by atoms with E-state index >= 15 is 0 Å². The number of hydrogen-bond donors (Lipinski definition) is 1. The molecule has 0 aliphatic carbocycles. The van der Waals surface area contributed by atoms with Gasteiger partial charge in [-0.05, 0) is 37.0 Å². The van der Waals surface area contributed by atoms with Crippen molar-refractivity contribution in [3.63, 3.8) is 0 Å². The number of nitrogens with two attached hydrogens (primary N) is 1. The van der Waals surface area contributed by atoms with E-state index in [9.17, 15) is 8.42 Å². The van der Waals surface area contributed by atoms with Gasteiger partial charge >= 0.3 is 0 Å². The third-order valence-electron chi connectivity index (χ3n) is 3.77. The van der Waals surface area contributed by atoms with E-state index in [1.165, 1.54) is 17.5 Å². The molecule has 0 spiro atoms. The molecular formula is C15H25ClN2O3S. The fourth-order valence-corrected chi connectivity index (χ4v) is 3.74. The van der Waals surface area contributed by atoms with Gasteiger partial charge in [0.2, 0.25) is 10.0 Å². The number of halogens is 1. The van der Waals surface area contributed by atoms with Crippen LogP contribution < -0.4 is 10.5 Å². The summed E-state index contributed by atoms with van der Waals surface area (Å²) in [6.45, 7) is 6.13. The molecule has 0 saturated heterocycles. The fourth-order valence-electron chi connectivity index (χ4n) is 2.02. The highest BCUT2D eigenvalue weighted by Crippen LogP contribution is 2.31. The monoisotopic (exact) mass is 348 g/mol. The van der Waals surface area contributed by atoms with Gasteiger partial charge in [-0.25, -0.2) is 12.7 Å². The molecule has 126 valence electrons. The van der Waals surface area contributed by atoms with Crippen LogP contribution in [0.4, 0.5) is 0 Å². The Morgan fingerprint density at radius 1 is 1.36 bits per heavy atom. The summed E-state index contributed by atoms with van der Waals surface area (Å²) in [5.74, 6) is 0.774. The van der Waals surface area contributed by atoms with Gasteiger partial charge in [0.1, 0.15) is 5.75 Å². The SMILES string of the molecule is COc1cc(C)c(S(=O)(=O)N(C)CCC(N)C(C)C)cc1Cl. The molecule has 1 rings (SSSR count). The maximum Gasteiger partial charge on any atom is 0.243 e. The molecule has 1 aromatic carbocycles. The number of hydrogen-bond acceptors (Lipinski definition) is 4. The zero-order chi connectivity index (χ0) is 17.1. The summed E-state index contributed by atoms with van der Waals surface area (Å²) in [6.07, 6.45) is 0.607. The van der Waals surface area contributed by atoms with Crippen LogP contribution in [-0.4, -0.2) is 39.5 Å². The number of ether oxygens (including phenoxy) is 1. The highest BCUT2D eigenvalue weighted by atomic mass is 35.5. The molecule has 2 N–H and O–H groups in total. The van der Waals surface area contributed by atoms with Gasteiger partial charge in [-0.15, -0.1) is 0 Å². The molecule has 7 heteroatoms. The molecule has 0 fully saturated rings. The fraction of sp³-hybridized carbons (Fsp3) is 0.600. The zero-order valence-electron chi connectivity index (χ0n) is 13.8. The van der Waals surface area contributed by atoms with Crippen molar-refractivity contribution < 1.29 is 13.2 Å². The Bertz CT molecular complexity index is 617. The van der Waals surface area contributed by atoms with E-state index in [4.69, 9.17) is 22.1 Å². The van der Waals surface area contributed by atoms with Crippen molar-refractivity contribution in [2.75, 3.05) is 20.7 Å². The lowest BCUT2D eigenvalue weighted by Crippen LogP contribution is -2.34. The second-order valence-electron chi connectivity index (χ2n) is 5.78. The van der Waals surface area contributed by atoms with Crippen molar-refractivity contribution in [2.45, 2.75) is 38.1 Å². The second-order valence-corrected chi connectivity index (χ2v) is 8.20. The first-order valence-electron chi connectivity index (χ1n) is 7.17. The topological polar surface area (TPSA) is 72.6 Å². The smallest absolute Gasteiger partial charge is 0.243 e. The summed E-state index contributed by atoms with van der Waals surface area (Å²) in [4.78, 5) is 0.193. The van der Waals surface area contributed by atoms with Crippen LogP contribution in [0.3, 0.4) is 0 Å². The van der Waals surface area contributed by atoms with Gasteiger partial charge in [-0.1, -0.05) is 25.4 Å². The van der Waals surface area contributed by atoms with Gasteiger partial charge in [-0.2, -0.15) is 0 Å². The molecule has 0 aliphatic rings. The highest BCUT2D eigenvalue weighted by molar-refractivity contribution is 7.89. The minimum Gasteiger partial charge on any atom is -0.495 e. The average molecular weight is 349 g/mol. The standard InChI is InChI=1S/C15H25ClN2O3S/c1-10(2)13(17)6-7-18(4)22(19,20)15-9-12(16)14(21-5)8-11(15)3/h8-10,13H,6-7,17H2,1-5H3. The Kier molecular flexibility index (Phi) is 6.67. The Morgan fingerprint density at radius 2 is 1.95 bits per heavy atom. The van der Waals surface area contributed by atoms with Gasteiger partial charge < -0.3 is 10.5 Å². The number of rotatable bonds is 7. The van der Waals surface area contributed by atoms with Gasteiger partial charge in [0.15, 0.2) is 0 Å². The quantitative estimate of drug-likeness (QED) is 0.822. The molecule has 0 amide bonds. The van der Waals surface area contributed by atoms with Crippen molar-refractivity contribution >= 4 is 21.6 Å². The van der Waals surface area contributed by atoms with E-state index in [1.807, 2.05) is 13.8 Å². The highest BCUT2D eigenvalue weighted by Gasteiger charge is 2.25. The third kappa shape index (κ3) is 4.35. The van der Waals surface area contributed by atoms with Gasteiger partial charge in [0.05, 0.1) is 17.0 Å². The van der Waals surface area contributed by atoms with E-state index in [-0.39, 0.29) is 16.0 Å². The van der Waals surface area contributed by atoms with Crippen molar-refractivity contribution in [3.05, 3.63) is 22.7 Å². The molecule has 0 radical (unpaired) electrons. The first kappa shape index (κ1) is 19.2. The minimum atomic E-state index is -3.60. The van der Waals surface area contributed by atoms with Crippen LogP contribution in [0, 0.1) is 12.8 Å². The molecular weight excluding hydrogens is 324 g/mol. The minimum absolute atomic E-state index is 0.0294. The molecule has 1 atom stereocenters. The van der Waals surface area contributed by atoms with Crippen molar-refractivity contribution in [1.29, 1.82) is 0 Å². The zero-order valence-corrected chi connectivity index (χ0v) is 15.3. The molecule has 0 bridgehead atoms. The van der Waals surface area contributed by atoms with E-state index in [0.29, 0.717) is 30.2 Å².